The number of likely N-dealkylation sites (tertiary alicyclic amines) is 1. The number of amides is 1. The van der Waals surface area contributed by atoms with E-state index in [1.807, 2.05) is 13.2 Å². The van der Waals surface area contributed by atoms with Gasteiger partial charge in [0.05, 0.1) is 11.8 Å². The lowest BCUT2D eigenvalue weighted by atomic mass is 9.86. The molecule has 4 heterocycles. The zero-order valence-electron chi connectivity index (χ0n) is 16.7. The van der Waals surface area contributed by atoms with Gasteiger partial charge in [-0.2, -0.15) is 5.10 Å². The second-order valence-corrected chi connectivity index (χ2v) is 7.89. The van der Waals surface area contributed by atoms with Crippen molar-refractivity contribution in [3.05, 3.63) is 23.8 Å². The zero-order chi connectivity index (χ0) is 19.6. The molecule has 0 radical (unpaired) electrons. The van der Waals surface area contributed by atoms with Gasteiger partial charge in [-0.25, -0.2) is 4.98 Å². The lowest BCUT2D eigenvalue weighted by Crippen LogP contribution is -2.59. The molecule has 152 valence electrons. The molecule has 1 amide bonds. The summed E-state index contributed by atoms with van der Waals surface area (Å²) in [7, 11) is 1.83. The number of rotatable bonds is 5. The molecule has 0 atom stereocenters. The summed E-state index contributed by atoms with van der Waals surface area (Å²) in [4.78, 5) is 19.9. The molecule has 0 saturated carbocycles. The van der Waals surface area contributed by atoms with Gasteiger partial charge < -0.3 is 14.5 Å². The highest BCUT2D eigenvalue weighted by Gasteiger charge is 2.39. The Bertz CT molecular complexity index is 816. The van der Waals surface area contributed by atoms with Gasteiger partial charge >= 0.3 is 0 Å². The van der Waals surface area contributed by atoms with Gasteiger partial charge in [0.15, 0.2) is 5.69 Å². The van der Waals surface area contributed by atoms with Gasteiger partial charge in [-0.1, -0.05) is 6.42 Å². The predicted molar refractivity (Wildman–Crippen MR) is 104 cm³/mol. The molecule has 1 N–H and O–H groups in total. The van der Waals surface area contributed by atoms with Crippen LogP contribution >= 0.6 is 0 Å². The molecule has 0 aliphatic carbocycles. The van der Waals surface area contributed by atoms with Crippen LogP contribution in [0.3, 0.4) is 0 Å². The molecule has 28 heavy (non-hydrogen) atoms. The molecule has 2 aromatic rings. The molecular formula is C20H29N5O3. The van der Waals surface area contributed by atoms with Crippen molar-refractivity contribution in [1.29, 1.82) is 0 Å². The second kappa shape index (κ2) is 8.05. The number of hydrogen-bond acceptors (Lipinski definition) is 6. The fraction of sp³-hybridized carbons (Fsp3) is 0.650. The number of aromatic nitrogens is 3. The number of ether oxygens (including phenoxy) is 1. The van der Waals surface area contributed by atoms with Crippen LogP contribution in [0.5, 0.6) is 0 Å². The summed E-state index contributed by atoms with van der Waals surface area (Å²) >= 11 is 0. The van der Waals surface area contributed by atoms with E-state index in [-0.39, 0.29) is 11.4 Å². The predicted octanol–water partition coefficient (Wildman–Crippen LogP) is 2.15. The molecule has 2 aliphatic heterocycles. The first-order valence-electron chi connectivity index (χ1n) is 10.1. The average Bonchev–Trinajstić information content (AvgIpc) is 3.33. The molecule has 4 rings (SSSR count). The number of nitrogens with zero attached hydrogens (tertiary/aromatic N) is 4. The lowest BCUT2D eigenvalue weighted by Gasteiger charge is -2.48. The highest BCUT2D eigenvalue weighted by atomic mass is 16.5. The lowest BCUT2D eigenvalue weighted by molar-refractivity contribution is -0.0349. The minimum absolute atomic E-state index is 0.0157. The molecule has 2 aliphatic rings. The summed E-state index contributed by atoms with van der Waals surface area (Å²) in [6, 6.07) is 0. The molecule has 8 nitrogen and oxygen atoms in total. The monoisotopic (exact) mass is 387 g/mol. The van der Waals surface area contributed by atoms with E-state index in [1.54, 1.807) is 17.8 Å². The maximum Gasteiger partial charge on any atom is 0.273 e. The molecule has 0 bridgehead atoms. The van der Waals surface area contributed by atoms with Gasteiger partial charge in [-0.05, 0) is 45.7 Å². The van der Waals surface area contributed by atoms with Gasteiger partial charge in [0.2, 0.25) is 5.89 Å². The Labute approximate surface area is 165 Å². The van der Waals surface area contributed by atoms with Crippen LogP contribution in [0.25, 0.3) is 11.5 Å². The van der Waals surface area contributed by atoms with E-state index in [2.05, 4.69) is 20.3 Å². The van der Waals surface area contributed by atoms with E-state index in [4.69, 9.17) is 9.15 Å². The minimum Gasteiger partial charge on any atom is -0.440 e. The van der Waals surface area contributed by atoms with Crippen LogP contribution in [-0.2, 0) is 11.8 Å². The molecule has 2 aromatic heterocycles. The first-order chi connectivity index (χ1) is 13.6. The zero-order valence-corrected chi connectivity index (χ0v) is 16.7. The summed E-state index contributed by atoms with van der Waals surface area (Å²) in [5, 5.41) is 7.27. The van der Waals surface area contributed by atoms with Crippen molar-refractivity contribution in [3.63, 3.8) is 0 Å². The number of aryl methyl sites for hydroxylation is 2. The Morgan fingerprint density at radius 1 is 1.25 bits per heavy atom. The van der Waals surface area contributed by atoms with Gasteiger partial charge in [-0.3, -0.25) is 14.4 Å². The SMILES string of the molecule is Cc1oc(-c2cnn(C)c2)nc1C(=O)NCC1(N2CCCCC2)CCOCC1. The van der Waals surface area contributed by atoms with Crippen LogP contribution in [-0.4, -0.2) is 64.0 Å². The third-order valence-electron chi connectivity index (χ3n) is 5.99. The number of piperidine rings is 1. The quantitative estimate of drug-likeness (QED) is 0.846. The molecule has 2 fully saturated rings. The normalized spacial score (nSPS) is 20.2. The van der Waals surface area contributed by atoms with Gasteiger partial charge in [0.1, 0.15) is 5.76 Å². The number of oxazole rings is 1. The topological polar surface area (TPSA) is 85.4 Å². The summed E-state index contributed by atoms with van der Waals surface area (Å²) < 4.78 is 13.0. The summed E-state index contributed by atoms with van der Waals surface area (Å²) in [6.07, 6.45) is 9.16. The van der Waals surface area contributed by atoms with Crippen LogP contribution < -0.4 is 5.32 Å². The number of hydrogen-bond donors (Lipinski definition) is 1. The number of nitrogens with one attached hydrogen (secondary N) is 1. The third kappa shape index (κ3) is 3.84. The van der Waals surface area contributed by atoms with Crippen molar-refractivity contribution in [3.8, 4) is 11.5 Å². The fourth-order valence-electron chi connectivity index (χ4n) is 4.32. The Kier molecular flexibility index (Phi) is 5.50. The first kappa shape index (κ1) is 19.1. The summed E-state index contributed by atoms with van der Waals surface area (Å²) in [6.45, 7) is 6.09. The van der Waals surface area contributed by atoms with Crippen molar-refractivity contribution in [1.82, 2.24) is 25.0 Å². The van der Waals surface area contributed by atoms with Crippen LogP contribution in [0.1, 0.15) is 48.4 Å². The molecule has 0 unspecified atom stereocenters. The maximum atomic E-state index is 12.9. The van der Waals surface area contributed by atoms with E-state index in [0.717, 1.165) is 44.7 Å². The second-order valence-electron chi connectivity index (χ2n) is 7.89. The van der Waals surface area contributed by atoms with Gasteiger partial charge in [0.25, 0.3) is 5.91 Å². The van der Waals surface area contributed by atoms with E-state index < -0.39 is 0 Å². The van der Waals surface area contributed by atoms with E-state index >= 15 is 0 Å². The van der Waals surface area contributed by atoms with Gasteiger partial charge in [0, 0.05) is 38.5 Å². The molecular weight excluding hydrogens is 358 g/mol. The largest absolute Gasteiger partial charge is 0.440 e. The number of carbonyl (C=O) groups is 1. The van der Waals surface area contributed by atoms with E-state index in [9.17, 15) is 4.79 Å². The molecule has 0 spiro atoms. The van der Waals surface area contributed by atoms with Crippen LogP contribution in [0.2, 0.25) is 0 Å². The molecule has 8 heteroatoms. The van der Waals surface area contributed by atoms with Crippen LogP contribution in [0.15, 0.2) is 16.8 Å². The summed E-state index contributed by atoms with van der Waals surface area (Å²) in [5.74, 6) is 0.766. The molecule has 0 aromatic carbocycles. The van der Waals surface area contributed by atoms with Crippen molar-refractivity contribution in [2.75, 3.05) is 32.8 Å². The van der Waals surface area contributed by atoms with Crippen LogP contribution in [0.4, 0.5) is 0 Å². The summed E-state index contributed by atoms with van der Waals surface area (Å²) in [5.41, 5.74) is 1.09. The van der Waals surface area contributed by atoms with E-state index in [1.165, 1.54) is 19.3 Å². The van der Waals surface area contributed by atoms with Crippen molar-refractivity contribution >= 4 is 5.91 Å². The maximum absolute atomic E-state index is 12.9. The minimum atomic E-state index is -0.181. The van der Waals surface area contributed by atoms with Gasteiger partial charge in [-0.15, -0.1) is 0 Å². The Morgan fingerprint density at radius 2 is 2.00 bits per heavy atom. The molecule has 2 saturated heterocycles. The van der Waals surface area contributed by atoms with Crippen molar-refractivity contribution in [2.24, 2.45) is 7.05 Å². The highest BCUT2D eigenvalue weighted by Crippen LogP contribution is 2.30. The first-order valence-corrected chi connectivity index (χ1v) is 10.1. The van der Waals surface area contributed by atoms with Crippen LogP contribution in [0, 0.1) is 6.92 Å². The standard InChI is InChI=1S/C20H29N5O3/c1-15-17(23-19(28-15)16-12-22-24(2)13-16)18(26)21-14-20(6-10-27-11-7-20)25-8-4-3-5-9-25/h12-13H,3-11,14H2,1-2H3,(H,21,26). The Hall–Kier alpha value is -2.19. The van der Waals surface area contributed by atoms with E-state index in [0.29, 0.717) is 23.9 Å². The Balaban J connectivity index is 1.47. The average molecular weight is 387 g/mol. The van der Waals surface area contributed by atoms with Crippen molar-refractivity contribution < 1.29 is 13.9 Å². The van der Waals surface area contributed by atoms with Crippen molar-refractivity contribution in [2.45, 2.75) is 44.6 Å². The highest BCUT2D eigenvalue weighted by molar-refractivity contribution is 5.93. The Morgan fingerprint density at radius 3 is 2.68 bits per heavy atom. The number of carbonyl (C=O) groups excluding carboxylic acids is 1. The fourth-order valence-corrected chi connectivity index (χ4v) is 4.32. The smallest absolute Gasteiger partial charge is 0.273 e. The third-order valence-corrected chi connectivity index (χ3v) is 5.99.